The molecule has 0 spiro atoms. The highest BCUT2D eigenvalue weighted by Gasteiger charge is 2.38. The lowest BCUT2D eigenvalue weighted by atomic mass is 9.94. The number of hydrogen-bond donors (Lipinski definition) is 1. The van der Waals surface area contributed by atoms with Gasteiger partial charge in [-0.05, 0) is 31.0 Å². The van der Waals surface area contributed by atoms with Crippen LogP contribution < -0.4 is 5.32 Å². The monoisotopic (exact) mass is 354 g/mol. The van der Waals surface area contributed by atoms with Crippen LogP contribution >= 0.6 is 23.2 Å². The predicted octanol–water partition coefficient (Wildman–Crippen LogP) is 4.11. The van der Waals surface area contributed by atoms with Gasteiger partial charge in [-0.15, -0.1) is 0 Å². The van der Waals surface area contributed by atoms with Gasteiger partial charge in [0.1, 0.15) is 0 Å². The Morgan fingerprint density at radius 2 is 1.91 bits per heavy atom. The number of nitrogens with one attached hydrogen (secondary N) is 1. The average Bonchev–Trinajstić information content (AvgIpc) is 2.93. The Labute approximate surface area is 146 Å². The minimum atomic E-state index is -0.309. The standard InChI is InChI=1S/C17H20Cl2N2O2/c18-12-6-7-15(14(19)9-12)20-17(23)11-8-16(22)21(10-11)13-4-2-1-3-5-13/h6-7,9,11,13H,1-5,8,10H2,(H,20,23). The molecular formula is C17H20Cl2N2O2. The van der Waals surface area contributed by atoms with Gasteiger partial charge in [0.25, 0.3) is 0 Å². The van der Waals surface area contributed by atoms with Crippen LogP contribution in [0, 0.1) is 5.92 Å². The number of anilines is 1. The lowest BCUT2D eigenvalue weighted by Crippen LogP contribution is -2.38. The van der Waals surface area contributed by atoms with Crippen LogP contribution in [-0.2, 0) is 9.59 Å². The molecular weight excluding hydrogens is 335 g/mol. The molecule has 2 aliphatic rings. The Hall–Kier alpha value is -1.26. The number of nitrogens with zero attached hydrogens (tertiary/aromatic N) is 1. The third-order valence-electron chi connectivity index (χ3n) is 4.73. The maximum absolute atomic E-state index is 12.4. The fourth-order valence-corrected chi connectivity index (χ4v) is 3.93. The van der Waals surface area contributed by atoms with Gasteiger partial charge in [0, 0.05) is 24.0 Å². The summed E-state index contributed by atoms with van der Waals surface area (Å²) in [4.78, 5) is 26.6. The SMILES string of the molecule is O=C(Nc1ccc(Cl)cc1Cl)C1CC(=O)N(C2CCCCC2)C1. The lowest BCUT2D eigenvalue weighted by Gasteiger charge is -2.31. The second-order valence-corrected chi connectivity index (χ2v) is 7.20. The number of carbonyl (C=O) groups is 2. The van der Waals surface area contributed by atoms with Crippen molar-refractivity contribution in [2.24, 2.45) is 5.92 Å². The first kappa shape index (κ1) is 16.6. The maximum atomic E-state index is 12.4. The molecule has 124 valence electrons. The van der Waals surface area contributed by atoms with Crippen LogP contribution in [0.2, 0.25) is 10.0 Å². The Bertz CT molecular complexity index is 615. The zero-order valence-electron chi connectivity index (χ0n) is 12.9. The van der Waals surface area contributed by atoms with E-state index in [1.54, 1.807) is 18.2 Å². The molecule has 0 bridgehead atoms. The number of hydrogen-bond acceptors (Lipinski definition) is 2. The summed E-state index contributed by atoms with van der Waals surface area (Å²) in [5.74, 6) is -0.365. The van der Waals surface area contributed by atoms with E-state index >= 15 is 0 Å². The molecule has 6 heteroatoms. The van der Waals surface area contributed by atoms with Crippen molar-refractivity contribution in [3.63, 3.8) is 0 Å². The van der Waals surface area contributed by atoms with E-state index in [0.717, 1.165) is 12.8 Å². The van der Waals surface area contributed by atoms with Crippen molar-refractivity contribution in [3.8, 4) is 0 Å². The molecule has 1 saturated carbocycles. The number of halogens is 2. The molecule has 1 saturated heterocycles. The minimum absolute atomic E-state index is 0.0965. The summed E-state index contributed by atoms with van der Waals surface area (Å²) in [5, 5.41) is 3.74. The van der Waals surface area contributed by atoms with E-state index in [4.69, 9.17) is 23.2 Å². The average molecular weight is 355 g/mol. The molecule has 2 amide bonds. The van der Waals surface area contributed by atoms with Crippen molar-refractivity contribution in [1.82, 2.24) is 4.90 Å². The van der Waals surface area contributed by atoms with Crippen LogP contribution in [0.4, 0.5) is 5.69 Å². The third kappa shape index (κ3) is 3.81. The number of likely N-dealkylation sites (tertiary alicyclic amines) is 1. The molecule has 4 nitrogen and oxygen atoms in total. The van der Waals surface area contributed by atoms with Crippen molar-refractivity contribution in [3.05, 3.63) is 28.2 Å². The van der Waals surface area contributed by atoms with Gasteiger partial charge in [-0.1, -0.05) is 42.5 Å². The summed E-state index contributed by atoms with van der Waals surface area (Å²) in [6, 6.07) is 5.26. The normalized spacial score (nSPS) is 22.4. The molecule has 1 aromatic rings. The Kier molecular flexibility index (Phi) is 5.12. The topological polar surface area (TPSA) is 49.4 Å². The van der Waals surface area contributed by atoms with E-state index in [0.29, 0.717) is 28.3 Å². The zero-order chi connectivity index (χ0) is 16.4. The van der Waals surface area contributed by atoms with Gasteiger partial charge in [-0.3, -0.25) is 9.59 Å². The molecule has 0 radical (unpaired) electrons. The summed E-state index contributed by atoms with van der Waals surface area (Å²) in [6.07, 6.45) is 5.99. The van der Waals surface area contributed by atoms with Gasteiger partial charge in [0.2, 0.25) is 11.8 Å². The first-order chi connectivity index (χ1) is 11.0. The second kappa shape index (κ2) is 7.10. The first-order valence-corrected chi connectivity index (χ1v) is 8.85. The molecule has 0 aromatic heterocycles. The van der Waals surface area contributed by atoms with Crippen molar-refractivity contribution in [1.29, 1.82) is 0 Å². The highest BCUT2D eigenvalue weighted by molar-refractivity contribution is 6.36. The van der Waals surface area contributed by atoms with Crippen molar-refractivity contribution in [2.45, 2.75) is 44.6 Å². The van der Waals surface area contributed by atoms with E-state index in [9.17, 15) is 9.59 Å². The number of benzene rings is 1. The maximum Gasteiger partial charge on any atom is 0.229 e. The first-order valence-electron chi connectivity index (χ1n) is 8.10. The number of amides is 2. The van der Waals surface area contributed by atoms with Crippen LogP contribution in [-0.4, -0.2) is 29.3 Å². The van der Waals surface area contributed by atoms with Crippen molar-refractivity contribution in [2.75, 3.05) is 11.9 Å². The van der Waals surface area contributed by atoms with Gasteiger partial charge in [0.15, 0.2) is 0 Å². The van der Waals surface area contributed by atoms with E-state index in [2.05, 4.69) is 5.32 Å². The van der Waals surface area contributed by atoms with Gasteiger partial charge >= 0.3 is 0 Å². The summed E-state index contributed by atoms with van der Waals surface area (Å²) >= 11 is 11.9. The smallest absolute Gasteiger partial charge is 0.229 e. The van der Waals surface area contributed by atoms with Crippen LogP contribution in [0.25, 0.3) is 0 Å². The highest BCUT2D eigenvalue weighted by Crippen LogP contribution is 2.30. The second-order valence-electron chi connectivity index (χ2n) is 6.35. The van der Waals surface area contributed by atoms with Gasteiger partial charge in [0.05, 0.1) is 16.6 Å². The van der Waals surface area contributed by atoms with E-state index in [1.807, 2.05) is 4.90 Å². The predicted molar refractivity (Wildman–Crippen MR) is 91.8 cm³/mol. The molecule has 2 fully saturated rings. The lowest BCUT2D eigenvalue weighted by molar-refractivity contribution is -0.130. The summed E-state index contributed by atoms with van der Waals surface area (Å²) in [6.45, 7) is 0.514. The molecule has 3 rings (SSSR count). The van der Waals surface area contributed by atoms with Crippen molar-refractivity contribution < 1.29 is 9.59 Å². The van der Waals surface area contributed by atoms with Crippen LogP contribution in [0.3, 0.4) is 0 Å². The Morgan fingerprint density at radius 3 is 2.61 bits per heavy atom. The molecule has 1 aromatic carbocycles. The molecule has 23 heavy (non-hydrogen) atoms. The van der Waals surface area contributed by atoms with Crippen LogP contribution in [0.15, 0.2) is 18.2 Å². The Balaban J connectivity index is 1.63. The highest BCUT2D eigenvalue weighted by atomic mass is 35.5. The fourth-order valence-electron chi connectivity index (χ4n) is 3.48. The zero-order valence-corrected chi connectivity index (χ0v) is 14.4. The van der Waals surface area contributed by atoms with Gasteiger partial charge in [-0.25, -0.2) is 0 Å². The molecule has 1 heterocycles. The molecule has 1 N–H and O–H groups in total. The van der Waals surface area contributed by atoms with Gasteiger partial charge < -0.3 is 10.2 Å². The number of carbonyl (C=O) groups excluding carboxylic acids is 2. The minimum Gasteiger partial charge on any atom is -0.339 e. The summed E-state index contributed by atoms with van der Waals surface area (Å²) < 4.78 is 0. The quantitative estimate of drug-likeness (QED) is 0.887. The summed E-state index contributed by atoms with van der Waals surface area (Å²) in [7, 11) is 0. The largest absolute Gasteiger partial charge is 0.339 e. The number of rotatable bonds is 3. The molecule has 1 unspecified atom stereocenters. The summed E-state index contributed by atoms with van der Waals surface area (Å²) in [5.41, 5.74) is 0.532. The van der Waals surface area contributed by atoms with Crippen LogP contribution in [0.1, 0.15) is 38.5 Å². The fraction of sp³-hybridized carbons (Fsp3) is 0.529. The molecule has 1 aliphatic carbocycles. The van der Waals surface area contributed by atoms with Crippen LogP contribution in [0.5, 0.6) is 0 Å². The third-order valence-corrected chi connectivity index (χ3v) is 5.28. The Morgan fingerprint density at radius 1 is 1.17 bits per heavy atom. The molecule has 1 atom stereocenters. The van der Waals surface area contributed by atoms with E-state index in [-0.39, 0.29) is 24.2 Å². The van der Waals surface area contributed by atoms with E-state index in [1.165, 1.54) is 19.3 Å². The van der Waals surface area contributed by atoms with Gasteiger partial charge in [-0.2, -0.15) is 0 Å². The van der Waals surface area contributed by atoms with Crippen molar-refractivity contribution >= 4 is 40.7 Å². The van der Waals surface area contributed by atoms with E-state index < -0.39 is 0 Å². The molecule has 1 aliphatic heterocycles.